The number of sulfonamides is 1. The molecule has 0 aliphatic carbocycles. The average molecular weight is 492 g/mol. The van der Waals surface area contributed by atoms with E-state index in [9.17, 15) is 18.0 Å². The lowest BCUT2D eigenvalue weighted by atomic mass is 10.1. The molecule has 0 aliphatic rings. The molecular formula is C24H33N3O6S. The van der Waals surface area contributed by atoms with Crippen LogP contribution >= 0.6 is 0 Å². The Morgan fingerprint density at radius 2 is 1.59 bits per heavy atom. The third-order valence-electron chi connectivity index (χ3n) is 5.27. The number of benzene rings is 2. The molecule has 0 unspecified atom stereocenters. The van der Waals surface area contributed by atoms with Gasteiger partial charge in [-0.2, -0.15) is 4.31 Å². The topological polar surface area (TPSA) is 105 Å². The molecule has 0 radical (unpaired) electrons. The molecule has 1 atom stereocenters. The monoisotopic (exact) mass is 491 g/mol. The summed E-state index contributed by atoms with van der Waals surface area (Å²) in [4.78, 5) is 27.5. The van der Waals surface area contributed by atoms with Crippen LogP contribution in [0.3, 0.4) is 0 Å². The minimum atomic E-state index is -3.68. The summed E-state index contributed by atoms with van der Waals surface area (Å²) >= 11 is 0. The van der Waals surface area contributed by atoms with Crippen molar-refractivity contribution in [3.63, 3.8) is 0 Å². The molecular weight excluding hydrogens is 458 g/mol. The summed E-state index contributed by atoms with van der Waals surface area (Å²) < 4.78 is 36.2. The maximum Gasteiger partial charge on any atom is 0.242 e. The molecule has 0 saturated heterocycles. The molecule has 2 aromatic carbocycles. The molecule has 2 amide bonds. The Kier molecular flexibility index (Phi) is 10.5. The first kappa shape index (κ1) is 27.3. The van der Waals surface area contributed by atoms with Crippen LogP contribution in [-0.4, -0.2) is 75.7 Å². The highest BCUT2D eigenvalue weighted by molar-refractivity contribution is 7.88. The zero-order valence-electron chi connectivity index (χ0n) is 20.1. The van der Waals surface area contributed by atoms with Gasteiger partial charge in [0, 0.05) is 26.7 Å². The van der Waals surface area contributed by atoms with Crippen LogP contribution in [0.1, 0.15) is 18.1 Å². The number of hydrogen-bond acceptors (Lipinski definition) is 6. The SMILES string of the molecule is COCCNC(=O)[C@@H](C)N(Cc1ccc(OC)cc1)C(=O)CN(Cc1ccccc1)S(C)(=O)=O. The fraction of sp³-hybridized carbons (Fsp3) is 0.417. The predicted molar refractivity (Wildman–Crippen MR) is 130 cm³/mol. The lowest BCUT2D eigenvalue weighted by Gasteiger charge is -2.31. The van der Waals surface area contributed by atoms with E-state index in [0.29, 0.717) is 18.9 Å². The Balaban J connectivity index is 2.26. The van der Waals surface area contributed by atoms with Crippen LogP contribution in [0.4, 0.5) is 0 Å². The van der Waals surface area contributed by atoms with Gasteiger partial charge in [-0.25, -0.2) is 8.42 Å². The van der Waals surface area contributed by atoms with Gasteiger partial charge in [0.2, 0.25) is 21.8 Å². The van der Waals surface area contributed by atoms with Gasteiger partial charge in [-0.15, -0.1) is 0 Å². The molecule has 9 nitrogen and oxygen atoms in total. The van der Waals surface area contributed by atoms with Gasteiger partial charge in [0.1, 0.15) is 11.8 Å². The highest BCUT2D eigenvalue weighted by Gasteiger charge is 2.29. The van der Waals surface area contributed by atoms with Gasteiger partial charge in [0.05, 0.1) is 26.5 Å². The number of hydrogen-bond donors (Lipinski definition) is 1. The zero-order valence-corrected chi connectivity index (χ0v) is 20.9. The Bertz CT molecular complexity index is 1030. The third kappa shape index (κ3) is 8.44. The maximum absolute atomic E-state index is 13.4. The lowest BCUT2D eigenvalue weighted by molar-refractivity contribution is -0.140. The first-order valence-electron chi connectivity index (χ1n) is 10.8. The molecule has 0 heterocycles. The van der Waals surface area contributed by atoms with E-state index in [1.54, 1.807) is 62.6 Å². The molecule has 10 heteroatoms. The summed E-state index contributed by atoms with van der Waals surface area (Å²) in [6.45, 7) is 2.05. The van der Waals surface area contributed by atoms with Crippen LogP contribution in [0.2, 0.25) is 0 Å². The fourth-order valence-electron chi connectivity index (χ4n) is 3.25. The van der Waals surface area contributed by atoms with E-state index in [1.165, 1.54) is 12.0 Å². The Hall–Kier alpha value is -2.95. The molecule has 0 spiro atoms. The number of ether oxygens (including phenoxy) is 2. The number of rotatable bonds is 13. The summed E-state index contributed by atoms with van der Waals surface area (Å²) in [6.07, 6.45) is 1.07. The highest BCUT2D eigenvalue weighted by atomic mass is 32.2. The minimum Gasteiger partial charge on any atom is -0.497 e. The van der Waals surface area contributed by atoms with E-state index in [1.807, 2.05) is 6.07 Å². The third-order valence-corrected chi connectivity index (χ3v) is 6.46. The van der Waals surface area contributed by atoms with Crippen molar-refractivity contribution in [3.05, 3.63) is 65.7 Å². The number of carbonyl (C=O) groups is 2. The van der Waals surface area contributed by atoms with E-state index >= 15 is 0 Å². The molecule has 2 aromatic rings. The van der Waals surface area contributed by atoms with Crippen molar-refractivity contribution in [1.29, 1.82) is 0 Å². The van der Waals surface area contributed by atoms with Gasteiger partial charge in [0.15, 0.2) is 0 Å². The summed E-state index contributed by atoms with van der Waals surface area (Å²) in [5, 5.41) is 2.74. The van der Waals surface area contributed by atoms with Crippen LogP contribution in [0.15, 0.2) is 54.6 Å². The lowest BCUT2D eigenvalue weighted by Crippen LogP contribution is -2.51. The molecule has 0 bridgehead atoms. The smallest absolute Gasteiger partial charge is 0.242 e. The molecule has 0 saturated carbocycles. The van der Waals surface area contributed by atoms with Crippen LogP contribution in [0, 0.1) is 0 Å². The van der Waals surface area contributed by atoms with E-state index in [-0.39, 0.29) is 25.5 Å². The highest BCUT2D eigenvalue weighted by Crippen LogP contribution is 2.16. The summed E-state index contributed by atoms with van der Waals surface area (Å²) in [5.74, 6) is -0.169. The van der Waals surface area contributed by atoms with Crippen molar-refractivity contribution in [2.45, 2.75) is 26.1 Å². The standard InChI is InChI=1S/C24H33N3O6S/c1-19(24(29)25-14-15-32-2)27(17-21-10-12-22(33-3)13-11-21)23(28)18-26(34(4,30)31)16-20-8-6-5-7-9-20/h5-13,19H,14-18H2,1-4H3,(H,25,29)/t19-/m1/s1. The summed E-state index contributed by atoms with van der Waals surface area (Å²) in [5.41, 5.74) is 1.53. The van der Waals surface area contributed by atoms with Crippen molar-refractivity contribution < 1.29 is 27.5 Å². The number of nitrogens with zero attached hydrogens (tertiary/aromatic N) is 2. The van der Waals surface area contributed by atoms with Gasteiger partial charge < -0.3 is 19.7 Å². The van der Waals surface area contributed by atoms with Gasteiger partial charge in [-0.1, -0.05) is 42.5 Å². The number of nitrogens with one attached hydrogen (secondary N) is 1. The van der Waals surface area contributed by atoms with Gasteiger partial charge in [-0.05, 0) is 30.2 Å². The van der Waals surface area contributed by atoms with Crippen LogP contribution < -0.4 is 10.1 Å². The van der Waals surface area contributed by atoms with Gasteiger partial charge in [0.25, 0.3) is 0 Å². The zero-order chi connectivity index (χ0) is 25.1. The maximum atomic E-state index is 13.4. The quantitative estimate of drug-likeness (QED) is 0.427. The van der Waals surface area contributed by atoms with Gasteiger partial charge >= 0.3 is 0 Å². The number of methoxy groups -OCH3 is 2. The Morgan fingerprint density at radius 3 is 2.15 bits per heavy atom. The van der Waals surface area contributed by atoms with Crippen molar-refractivity contribution in [2.75, 3.05) is 40.2 Å². The van der Waals surface area contributed by atoms with Crippen molar-refractivity contribution in [2.24, 2.45) is 0 Å². The fourth-order valence-corrected chi connectivity index (χ4v) is 3.98. The molecule has 0 aromatic heterocycles. The minimum absolute atomic E-state index is 0.0518. The predicted octanol–water partition coefficient (Wildman–Crippen LogP) is 1.64. The normalized spacial score (nSPS) is 12.3. The Labute approximate surface area is 201 Å². The van der Waals surface area contributed by atoms with E-state index in [4.69, 9.17) is 9.47 Å². The van der Waals surface area contributed by atoms with Crippen molar-refractivity contribution >= 4 is 21.8 Å². The largest absolute Gasteiger partial charge is 0.497 e. The summed E-state index contributed by atoms with van der Waals surface area (Å²) in [6, 6.07) is 15.3. The first-order chi connectivity index (χ1) is 16.2. The average Bonchev–Trinajstić information content (AvgIpc) is 2.82. The van der Waals surface area contributed by atoms with Gasteiger partial charge in [-0.3, -0.25) is 9.59 Å². The first-order valence-corrected chi connectivity index (χ1v) is 12.7. The van der Waals surface area contributed by atoms with Crippen LogP contribution in [0.25, 0.3) is 0 Å². The van der Waals surface area contributed by atoms with Crippen LogP contribution in [0.5, 0.6) is 5.75 Å². The van der Waals surface area contributed by atoms with E-state index in [2.05, 4.69) is 5.32 Å². The van der Waals surface area contributed by atoms with Crippen molar-refractivity contribution in [1.82, 2.24) is 14.5 Å². The van der Waals surface area contributed by atoms with Crippen LogP contribution in [-0.2, 0) is 37.4 Å². The second-order valence-electron chi connectivity index (χ2n) is 7.85. The molecule has 186 valence electrons. The molecule has 0 fully saturated rings. The number of carbonyl (C=O) groups excluding carboxylic acids is 2. The van der Waals surface area contributed by atoms with E-state index in [0.717, 1.165) is 21.7 Å². The van der Waals surface area contributed by atoms with E-state index < -0.39 is 22.0 Å². The van der Waals surface area contributed by atoms with Crippen molar-refractivity contribution in [3.8, 4) is 5.75 Å². The molecule has 0 aliphatic heterocycles. The number of amides is 2. The summed E-state index contributed by atoms with van der Waals surface area (Å²) in [7, 11) is -0.596. The molecule has 34 heavy (non-hydrogen) atoms. The second-order valence-corrected chi connectivity index (χ2v) is 9.83. The Morgan fingerprint density at radius 1 is 0.971 bits per heavy atom. The molecule has 1 N–H and O–H groups in total. The molecule has 2 rings (SSSR count). The second kappa shape index (κ2) is 13.1.